The number of hydrogen-bond donors (Lipinski definition) is 3. The molecule has 0 spiro atoms. The highest BCUT2D eigenvalue weighted by Gasteiger charge is 2.67. The van der Waals surface area contributed by atoms with Crippen LogP contribution in [0, 0.1) is 34.5 Å². The highest BCUT2D eigenvalue weighted by molar-refractivity contribution is 5.85. The van der Waals surface area contributed by atoms with Crippen LogP contribution in [0.25, 0.3) is 0 Å². The highest BCUT2D eigenvalue weighted by Crippen LogP contribution is 2.70. The number of hydrogen-bond acceptors (Lipinski definition) is 8. The number of esters is 1. The Bertz CT molecular complexity index is 968. The van der Waals surface area contributed by atoms with Crippen molar-refractivity contribution in [3.05, 3.63) is 11.6 Å². The number of methoxy groups -OCH3 is 1. The number of ether oxygens (including phenoxy) is 4. The molecule has 0 aromatic carbocycles. The van der Waals surface area contributed by atoms with E-state index in [9.17, 15) is 20.1 Å². The maximum absolute atomic E-state index is 12.4. The monoisotopic (exact) mass is 534 g/mol. The fourth-order valence-corrected chi connectivity index (χ4v) is 10.1. The van der Waals surface area contributed by atoms with E-state index >= 15 is 0 Å². The molecule has 13 atom stereocenters. The molecule has 0 radical (unpaired) electrons. The maximum Gasteiger partial charge on any atom is 0.331 e. The van der Waals surface area contributed by atoms with Crippen LogP contribution in [-0.4, -0.2) is 77.4 Å². The summed E-state index contributed by atoms with van der Waals surface area (Å²) in [6.45, 7) is 6.87. The van der Waals surface area contributed by atoms with Crippen LogP contribution in [-0.2, 0) is 23.7 Å². The van der Waals surface area contributed by atoms with Crippen molar-refractivity contribution >= 4 is 5.97 Å². The van der Waals surface area contributed by atoms with E-state index in [4.69, 9.17) is 18.9 Å². The van der Waals surface area contributed by atoms with Crippen LogP contribution in [0.1, 0.15) is 78.6 Å². The van der Waals surface area contributed by atoms with Gasteiger partial charge < -0.3 is 34.3 Å². The van der Waals surface area contributed by atoms with Crippen LogP contribution in [0.3, 0.4) is 0 Å². The highest BCUT2D eigenvalue weighted by atomic mass is 16.7. The van der Waals surface area contributed by atoms with Gasteiger partial charge in [0.25, 0.3) is 0 Å². The molecule has 2 heterocycles. The Labute approximate surface area is 226 Å². The molecule has 6 rings (SSSR count). The Morgan fingerprint density at radius 2 is 1.79 bits per heavy atom. The van der Waals surface area contributed by atoms with E-state index in [1.54, 1.807) is 13.0 Å². The number of aliphatic hydroxyl groups excluding tert-OH is 2. The van der Waals surface area contributed by atoms with Crippen LogP contribution in [0.4, 0.5) is 0 Å². The molecule has 8 nitrogen and oxygen atoms in total. The second-order valence-electron chi connectivity index (χ2n) is 13.7. The van der Waals surface area contributed by atoms with Gasteiger partial charge in [-0.2, -0.15) is 0 Å². The molecule has 4 aliphatic carbocycles. The van der Waals surface area contributed by atoms with Crippen LogP contribution < -0.4 is 0 Å². The minimum atomic E-state index is -1.04. The second-order valence-corrected chi connectivity index (χ2v) is 13.7. The van der Waals surface area contributed by atoms with Gasteiger partial charge >= 0.3 is 5.97 Å². The lowest BCUT2D eigenvalue weighted by Crippen LogP contribution is -2.62. The molecular weight excluding hydrogens is 488 g/mol. The van der Waals surface area contributed by atoms with Crippen molar-refractivity contribution in [3.63, 3.8) is 0 Å². The minimum absolute atomic E-state index is 0.0103. The maximum atomic E-state index is 12.4. The lowest BCUT2D eigenvalue weighted by Gasteiger charge is -2.64. The van der Waals surface area contributed by atoms with E-state index in [0.717, 1.165) is 63.4 Å². The standard InChI is InChI=1S/C30H46O8/c1-16-24(32)26(35-4)25(33)27(37-16)38-19-7-10-28(2)18(14-19)5-6-22-21(28)8-11-29(3)20(9-12-30(22,29)34)17-13-23(31)36-15-17/h13,16,18-22,24-27,32-34H,5-12,14-15H2,1-4H3/t16-,18+,19-,20+,21-,22+,24-,25+,26+,27-,28-,29+,30-/m0/s1. The van der Waals surface area contributed by atoms with Crippen molar-refractivity contribution in [2.75, 3.05) is 13.7 Å². The third kappa shape index (κ3) is 3.88. The first kappa shape index (κ1) is 27.2. The number of aliphatic hydroxyl groups is 3. The van der Waals surface area contributed by atoms with Gasteiger partial charge in [0.05, 0.1) is 17.8 Å². The molecule has 6 aliphatic rings. The molecule has 1 saturated heterocycles. The first-order valence-corrected chi connectivity index (χ1v) is 14.8. The van der Waals surface area contributed by atoms with Gasteiger partial charge in [-0.25, -0.2) is 4.79 Å². The molecule has 2 aliphatic heterocycles. The molecule has 38 heavy (non-hydrogen) atoms. The molecule has 4 saturated carbocycles. The number of carbonyl (C=O) groups is 1. The predicted octanol–water partition coefficient (Wildman–Crippen LogP) is 3.11. The van der Waals surface area contributed by atoms with Crippen molar-refractivity contribution in [1.82, 2.24) is 0 Å². The van der Waals surface area contributed by atoms with Crippen molar-refractivity contribution in [1.29, 1.82) is 0 Å². The summed E-state index contributed by atoms with van der Waals surface area (Å²) in [6.07, 6.45) is 6.45. The molecule has 0 aromatic rings. The number of rotatable bonds is 4. The third-order valence-corrected chi connectivity index (χ3v) is 12.3. The summed E-state index contributed by atoms with van der Waals surface area (Å²) in [4.78, 5) is 11.8. The Hall–Kier alpha value is -1.03. The van der Waals surface area contributed by atoms with E-state index in [1.807, 2.05) is 0 Å². The normalized spacial score (nSPS) is 54.5. The summed E-state index contributed by atoms with van der Waals surface area (Å²) < 4.78 is 22.8. The molecule has 0 bridgehead atoms. The van der Waals surface area contributed by atoms with E-state index < -0.39 is 36.3 Å². The predicted molar refractivity (Wildman–Crippen MR) is 138 cm³/mol. The molecule has 8 heteroatoms. The average molecular weight is 535 g/mol. The summed E-state index contributed by atoms with van der Waals surface area (Å²) in [5.41, 5.74) is 0.300. The third-order valence-electron chi connectivity index (χ3n) is 12.3. The molecular formula is C30H46O8. The zero-order chi connectivity index (χ0) is 27.0. The fraction of sp³-hybridized carbons (Fsp3) is 0.900. The first-order valence-electron chi connectivity index (χ1n) is 14.8. The van der Waals surface area contributed by atoms with E-state index in [0.29, 0.717) is 18.4 Å². The summed E-state index contributed by atoms with van der Waals surface area (Å²) in [5, 5.41) is 33.5. The Morgan fingerprint density at radius 3 is 2.50 bits per heavy atom. The summed E-state index contributed by atoms with van der Waals surface area (Å²) in [5.74, 6) is 1.22. The molecule has 214 valence electrons. The molecule has 5 fully saturated rings. The smallest absolute Gasteiger partial charge is 0.331 e. The first-order chi connectivity index (χ1) is 18.0. The number of cyclic esters (lactones) is 1. The Morgan fingerprint density at radius 1 is 1.00 bits per heavy atom. The molecule has 0 aromatic heterocycles. The lowest BCUT2D eigenvalue weighted by atomic mass is 9.43. The quantitative estimate of drug-likeness (QED) is 0.372. The summed E-state index contributed by atoms with van der Waals surface area (Å²) in [6, 6.07) is 0. The van der Waals surface area contributed by atoms with Gasteiger partial charge in [-0.05, 0) is 99.4 Å². The van der Waals surface area contributed by atoms with Gasteiger partial charge in [0.1, 0.15) is 24.9 Å². The Kier molecular flexibility index (Phi) is 6.80. The van der Waals surface area contributed by atoms with E-state index in [2.05, 4.69) is 13.8 Å². The summed E-state index contributed by atoms with van der Waals surface area (Å²) >= 11 is 0. The van der Waals surface area contributed by atoms with Crippen LogP contribution in [0.2, 0.25) is 0 Å². The van der Waals surface area contributed by atoms with Crippen LogP contribution in [0.15, 0.2) is 11.6 Å². The van der Waals surface area contributed by atoms with Gasteiger partial charge in [0.2, 0.25) is 0 Å². The lowest BCUT2D eigenvalue weighted by molar-refractivity contribution is -0.313. The fourth-order valence-electron chi connectivity index (χ4n) is 10.1. The van der Waals surface area contributed by atoms with E-state index in [-0.39, 0.29) is 34.7 Å². The second kappa shape index (κ2) is 9.52. The van der Waals surface area contributed by atoms with Crippen molar-refractivity contribution < 1.29 is 39.1 Å². The van der Waals surface area contributed by atoms with Crippen molar-refractivity contribution in [3.8, 4) is 0 Å². The minimum Gasteiger partial charge on any atom is -0.458 e. The Balaban J connectivity index is 1.16. The average Bonchev–Trinajstić information content (AvgIpc) is 3.43. The number of fused-ring (bicyclic) bond motifs is 5. The van der Waals surface area contributed by atoms with Gasteiger partial charge in [0.15, 0.2) is 6.29 Å². The molecule has 0 unspecified atom stereocenters. The topological polar surface area (TPSA) is 115 Å². The van der Waals surface area contributed by atoms with Gasteiger partial charge in [0, 0.05) is 18.6 Å². The van der Waals surface area contributed by atoms with Crippen molar-refractivity contribution in [2.24, 2.45) is 34.5 Å². The zero-order valence-electron chi connectivity index (χ0n) is 23.3. The van der Waals surface area contributed by atoms with Crippen LogP contribution in [0.5, 0.6) is 0 Å². The molecule has 3 N–H and O–H groups in total. The largest absolute Gasteiger partial charge is 0.458 e. The van der Waals surface area contributed by atoms with Gasteiger partial charge in [-0.3, -0.25) is 0 Å². The van der Waals surface area contributed by atoms with Gasteiger partial charge in [-0.1, -0.05) is 13.8 Å². The number of carbonyl (C=O) groups excluding carboxylic acids is 1. The van der Waals surface area contributed by atoms with Crippen molar-refractivity contribution in [2.45, 2.75) is 121 Å². The molecule has 0 amide bonds. The zero-order valence-corrected chi connectivity index (χ0v) is 23.3. The van der Waals surface area contributed by atoms with Gasteiger partial charge in [-0.15, -0.1) is 0 Å². The summed E-state index contributed by atoms with van der Waals surface area (Å²) in [7, 11) is 1.49. The SMILES string of the molecule is CO[C@@H]1[C@@H](O)[C@H](C)O[C@@H](O[C@H]2CC[C@@]3(C)[C@H](CC[C@@H]4[C@@H]3CC[C@]3(C)[C@@H](C5=CC(=O)OC5)CC[C@]43O)C2)[C@@H]1O. The van der Waals surface area contributed by atoms with E-state index in [1.165, 1.54) is 7.11 Å². The van der Waals surface area contributed by atoms with Crippen LogP contribution >= 0.6 is 0 Å².